The topological polar surface area (TPSA) is 66.8 Å². The average Bonchev–Trinajstić information content (AvgIpc) is 2.12. The number of ether oxygens (including phenoxy) is 1. The lowest BCUT2D eigenvalue weighted by Crippen LogP contribution is -2.46. The Labute approximate surface area is 109 Å². The predicted octanol–water partition coefficient (Wildman–Crippen LogP) is 2.60. The second kappa shape index (κ2) is 6.07. The van der Waals surface area contributed by atoms with Crippen LogP contribution in [0.25, 0.3) is 0 Å². The van der Waals surface area contributed by atoms with Crippen LogP contribution in [0.3, 0.4) is 0 Å². The number of carboxylic acids is 1. The Bertz CT molecular complexity index is 307. The summed E-state index contributed by atoms with van der Waals surface area (Å²) in [5, 5.41) is 9.20. The molecule has 2 unspecified atom stereocenters. The first-order valence-electron chi connectivity index (χ1n) is 6.16. The van der Waals surface area contributed by atoms with Crippen molar-refractivity contribution < 1.29 is 19.4 Å². The van der Waals surface area contributed by atoms with Crippen molar-refractivity contribution in [2.24, 2.45) is 11.8 Å². The Morgan fingerprint density at radius 2 is 1.61 bits per heavy atom. The first-order valence-corrected chi connectivity index (χ1v) is 6.16. The Morgan fingerprint density at radius 1 is 1.17 bits per heavy atom. The number of amides is 1. The molecule has 0 radical (unpaired) electrons. The van der Waals surface area contributed by atoms with E-state index in [9.17, 15) is 14.7 Å². The summed E-state index contributed by atoms with van der Waals surface area (Å²) in [5.41, 5.74) is -0.582. The normalized spacial score (nSPS) is 15.1. The zero-order valence-electron chi connectivity index (χ0n) is 12.4. The largest absolute Gasteiger partial charge is 0.481 e. The second-order valence-electron chi connectivity index (χ2n) is 5.94. The lowest BCUT2D eigenvalue weighted by Gasteiger charge is -2.33. The maximum absolute atomic E-state index is 11.9. The van der Waals surface area contributed by atoms with Gasteiger partial charge in [0.25, 0.3) is 0 Å². The highest BCUT2D eigenvalue weighted by Crippen LogP contribution is 2.21. The predicted molar refractivity (Wildman–Crippen MR) is 69.4 cm³/mol. The first-order chi connectivity index (χ1) is 7.97. The maximum Gasteiger partial charge on any atom is 0.410 e. The van der Waals surface area contributed by atoms with Crippen LogP contribution in [0, 0.1) is 11.8 Å². The van der Waals surface area contributed by atoms with Crippen molar-refractivity contribution in [2.45, 2.75) is 53.2 Å². The van der Waals surface area contributed by atoms with Crippen LogP contribution < -0.4 is 0 Å². The van der Waals surface area contributed by atoms with E-state index in [1.165, 1.54) is 4.90 Å². The van der Waals surface area contributed by atoms with Gasteiger partial charge in [-0.2, -0.15) is 0 Å². The molecule has 0 spiro atoms. The van der Waals surface area contributed by atoms with E-state index in [2.05, 4.69) is 0 Å². The minimum atomic E-state index is -0.895. The van der Waals surface area contributed by atoms with Gasteiger partial charge in [-0.3, -0.25) is 4.79 Å². The molecule has 0 aliphatic carbocycles. The molecule has 0 heterocycles. The molecule has 0 saturated heterocycles. The molecule has 5 heteroatoms. The molecule has 1 amide bonds. The van der Waals surface area contributed by atoms with Crippen LogP contribution in [-0.4, -0.2) is 40.8 Å². The standard InChI is InChI=1S/C13H25NO4/c1-8(2)10(11(15)16)9(3)14(7)12(17)18-13(4,5)6/h8-10H,1-7H3,(H,15,16). The van der Waals surface area contributed by atoms with Crippen molar-refractivity contribution in [1.82, 2.24) is 4.90 Å². The Morgan fingerprint density at radius 3 is 1.89 bits per heavy atom. The van der Waals surface area contributed by atoms with Gasteiger partial charge in [0.05, 0.1) is 5.92 Å². The first kappa shape index (κ1) is 16.7. The summed E-state index contributed by atoms with van der Waals surface area (Å²) in [4.78, 5) is 24.4. The lowest BCUT2D eigenvalue weighted by atomic mass is 9.89. The highest BCUT2D eigenvalue weighted by molar-refractivity contribution is 5.73. The number of hydrogen-bond donors (Lipinski definition) is 1. The molecule has 106 valence electrons. The molecule has 0 aliphatic heterocycles. The monoisotopic (exact) mass is 259 g/mol. The van der Waals surface area contributed by atoms with E-state index in [-0.39, 0.29) is 5.92 Å². The van der Waals surface area contributed by atoms with E-state index in [0.717, 1.165) is 0 Å². The summed E-state index contributed by atoms with van der Waals surface area (Å²) >= 11 is 0. The van der Waals surface area contributed by atoms with Crippen molar-refractivity contribution in [3.63, 3.8) is 0 Å². The summed E-state index contributed by atoms with van der Waals surface area (Å²) < 4.78 is 5.22. The molecular formula is C13H25NO4. The molecule has 0 rings (SSSR count). The third kappa shape index (κ3) is 4.94. The van der Waals surface area contributed by atoms with Gasteiger partial charge in [-0.25, -0.2) is 4.79 Å². The zero-order valence-corrected chi connectivity index (χ0v) is 12.4. The van der Waals surface area contributed by atoms with E-state index >= 15 is 0 Å². The van der Waals surface area contributed by atoms with Gasteiger partial charge in [-0.05, 0) is 33.6 Å². The van der Waals surface area contributed by atoms with E-state index in [0.29, 0.717) is 0 Å². The van der Waals surface area contributed by atoms with E-state index < -0.39 is 29.6 Å². The number of carboxylic acid groups (broad SMARTS) is 1. The smallest absolute Gasteiger partial charge is 0.410 e. The number of carbonyl (C=O) groups is 2. The zero-order chi connectivity index (χ0) is 14.7. The van der Waals surface area contributed by atoms with E-state index in [4.69, 9.17) is 4.74 Å². The molecule has 2 atom stereocenters. The molecule has 0 bridgehead atoms. The number of aliphatic carboxylic acids is 1. The highest BCUT2D eigenvalue weighted by Gasteiger charge is 2.34. The fourth-order valence-electron chi connectivity index (χ4n) is 1.79. The molecule has 18 heavy (non-hydrogen) atoms. The Hall–Kier alpha value is -1.26. The van der Waals surface area contributed by atoms with Crippen LogP contribution >= 0.6 is 0 Å². The molecule has 0 aromatic rings. The summed E-state index contributed by atoms with van der Waals surface area (Å²) in [5.74, 6) is -1.56. The van der Waals surface area contributed by atoms with Gasteiger partial charge in [0.1, 0.15) is 5.60 Å². The summed E-state index contributed by atoms with van der Waals surface area (Å²) in [6.45, 7) is 10.7. The second-order valence-corrected chi connectivity index (χ2v) is 5.94. The van der Waals surface area contributed by atoms with Crippen LogP contribution in [0.2, 0.25) is 0 Å². The van der Waals surface area contributed by atoms with Gasteiger partial charge in [0.2, 0.25) is 0 Å². The van der Waals surface area contributed by atoms with Crippen LogP contribution in [-0.2, 0) is 9.53 Å². The molecule has 0 saturated carbocycles. The van der Waals surface area contributed by atoms with Crippen molar-refractivity contribution in [2.75, 3.05) is 7.05 Å². The SMILES string of the molecule is CC(C)C(C(=O)O)C(C)N(C)C(=O)OC(C)(C)C. The number of carbonyl (C=O) groups excluding carboxylic acids is 1. The fraction of sp³-hybridized carbons (Fsp3) is 0.846. The van der Waals surface area contributed by atoms with Gasteiger partial charge < -0.3 is 14.7 Å². The highest BCUT2D eigenvalue weighted by atomic mass is 16.6. The molecule has 0 aromatic heterocycles. The van der Waals surface area contributed by atoms with Gasteiger partial charge in [-0.1, -0.05) is 13.8 Å². The average molecular weight is 259 g/mol. The fourth-order valence-corrected chi connectivity index (χ4v) is 1.79. The third-order valence-corrected chi connectivity index (χ3v) is 2.82. The molecule has 5 nitrogen and oxygen atoms in total. The summed E-state index contributed by atoms with van der Waals surface area (Å²) in [6, 6.07) is -0.419. The summed E-state index contributed by atoms with van der Waals surface area (Å²) in [7, 11) is 1.57. The van der Waals surface area contributed by atoms with E-state index in [1.54, 1.807) is 34.7 Å². The van der Waals surface area contributed by atoms with E-state index in [1.807, 2.05) is 13.8 Å². The van der Waals surface area contributed by atoms with Gasteiger partial charge in [0.15, 0.2) is 0 Å². The third-order valence-electron chi connectivity index (χ3n) is 2.82. The Balaban J connectivity index is 4.81. The van der Waals surface area contributed by atoms with Crippen LogP contribution in [0.1, 0.15) is 41.5 Å². The Kier molecular flexibility index (Phi) is 5.64. The number of nitrogens with zero attached hydrogens (tertiary/aromatic N) is 1. The molecule has 0 aromatic carbocycles. The quantitative estimate of drug-likeness (QED) is 0.842. The number of rotatable bonds is 4. The van der Waals surface area contributed by atoms with Crippen molar-refractivity contribution in [3.05, 3.63) is 0 Å². The van der Waals surface area contributed by atoms with Crippen molar-refractivity contribution in [3.8, 4) is 0 Å². The van der Waals surface area contributed by atoms with Crippen LogP contribution in [0.4, 0.5) is 4.79 Å². The molecule has 0 fully saturated rings. The number of hydrogen-bond acceptors (Lipinski definition) is 3. The minimum absolute atomic E-state index is 0.0533. The van der Waals surface area contributed by atoms with Crippen molar-refractivity contribution >= 4 is 12.1 Å². The minimum Gasteiger partial charge on any atom is -0.481 e. The van der Waals surface area contributed by atoms with Crippen molar-refractivity contribution in [1.29, 1.82) is 0 Å². The maximum atomic E-state index is 11.9. The van der Waals surface area contributed by atoms with Gasteiger partial charge in [0, 0.05) is 13.1 Å². The van der Waals surface area contributed by atoms with Crippen LogP contribution in [0.15, 0.2) is 0 Å². The molecule has 1 N–H and O–H groups in total. The van der Waals surface area contributed by atoms with Gasteiger partial charge >= 0.3 is 12.1 Å². The lowest BCUT2D eigenvalue weighted by molar-refractivity contribution is -0.145. The van der Waals surface area contributed by atoms with Gasteiger partial charge in [-0.15, -0.1) is 0 Å². The molecular weight excluding hydrogens is 234 g/mol. The summed E-state index contributed by atoms with van der Waals surface area (Å²) in [6.07, 6.45) is -0.498. The molecule has 0 aliphatic rings. The van der Waals surface area contributed by atoms with Crippen LogP contribution in [0.5, 0.6) is 0 Å².